The fraction of sp³-hybridized carbons (Fsp3) is 0.330. The van der Waals surface area contributed by atoms with E-state index >= 15 is 0 Å². The Kier molecular flexibility index (Phi) is 25.6. The van der Waals surface area contributed by atoms with Gasteiger partial charge in [-0.3, -0.25) is 53.4 Å². The summed E-state index contributed by atoms with van der Waals surface area (Å²) in [6, 6.07) is 41.1. The molecule has 672 valence electrons. The van der Waals surface area contributed by atoms with E-state index in [4.69, 9.17) is 18.9 Å². The standard InChI is InChI=1S/C26H24N4O3S.C25H24N4O3S.C23H21N5O3S2.C23H23N5O3S/c31-24(15-4-5-15)30-26-29-22-7-6-16(13-23(22)34-26)17-12-20-19(2-1-3-21(20)27-14-17)25(32)28-18-8-10-33-11-9-18;30-23(15-6-7-15)28-24-27-20-9-8-16(13-22(20)33-24)17-12-21-19(26-14-17)10-11-29(21)25(31)32-18-4-2-1-3-5-18;29-20(12-1-2-12)27-23-26-17-4-3-13(10-18(17)32-23)14-9-16-19(28-33-22(16)24-11-14)21(30)25-15-5-7-31-8-6-15;1-24-21(29)27-22-26-18-8-7-14(12-20(18)32-22)15-11-19-17(25-13-15)9-10-28(19)23(30)31-16-5-3-2-4-6-16/h1-3,6-7,12-15,18H,4-5,8-11H2,(H,28,32)(H,29,30,31);8-15,18H,1-7H2,(H,27,28,30);3-4,9-12,15H,1-2,5-8H2,(H,25,30)(H,26,27,29);7-13,16H,2-6H2,1H3,(H2,24,26,27,29). The second-order valence-corrected chi connectivity index (χ2v) is 39.0. The fourth-order valence-electron chi connectivity index (χ4n) is 16.7. The number of benzene rings is 5. The summed E-state index contributed by atoms with van der Waals surface area (Å²) in [6.45, 7) is 2.69. The van der Waals surface area contributed by atoms with Gasteiger partial charge in [-0.15, -0.1) is 0 Å². The quantitative estimate of drug-likeness (QED) is 0.0445. The molecular weight excluding hydrogens is 1770 g/mol. The third-order valence-corrected chi connectivity index (χ3v) is 29.1. The topological polar surface area (TPSA) is 384 Å². The number of urea groups is 1. The van der Waals surface area contributed by atoms with Crippen LogP contribution in [-0.4, -0.2) is 159 Å². The number of hydrogen-bond donors (Lipinski definition) is 7. The van der Waals surface area contributed by atoms with E-state index < -0.39 is 0 Å². The zero-order valence-electron chi connectivity index (χ0n) is 72.0. The Morgan fingerprint density at radius 1 is 0.379 bits per heavy atom. The van der Waals surface area contributed by atoms with Crippen molar-refractivity contribution >= 4 is 209 Å². The molecule has 5 aromatic carbocycles. The van der Waals surface area contributed by atoms with Crippen LogP contribution in [0.4, 0.5) is 34.9 Å². The van der Waals surface area contributed by atoms with Crippen LogP contribution < -0.4 is 37.2 Å². The lowest BCUT2D eigenvalue weighted by molar-refractivity contribution is -0.118. The van der Waals surface area contributed by atoms with E-state index in [0.717, 1.165) is 244 Å². The third kappa shape index (κ3) is 20.2. The molecule has 132 heavy (non-hydrogen) atoms. The van der Waals surface area contributed by atoms with Crippen LogP contribution in [-0.2, 0) is 33.3 Å². The number of hydrogen-bond acceptors (Lipinski definition) is 26. The fourth-order valence-corrected chi connectivity index (χ4v) is 21.1. The zero-order valence-corrected chi connectivity index (χ0v) is 76.0. The summed E-state index contributed by atoms with van der Waals surface area (Å²) in [5.41, 5.74) is 15.7. The highest BCUT2D eigenvalue weighted by Gasteiger charge is 2.34. The molecule has 0 atom stereocenters. The Hall–Kier alpha value is -13.0. The summed E-state index contributed by atoms with van der Waals surface area (Å²) in [6.07, 6.45) is 29.7. The number of amides is 7. The Labute approximate surface area is 776 Å². The monoisotopic (exact) mass is 1860 g/mol. The van der Waals surface area contributed by atoms with E-state index in [1.807, 2.05) is 128 Å². The highest BCUT2D eigenvalue weighted by atomic mass is 32.1. The molecule has 5 aliphatic carbocycles. The first-order chi connectivity index (χ1) is 64.5. The first kappa shape index (κ1) is 87.0. The summed E-state index contributed by atoms with van der Waals surface area (Å²) in [4.78, 5) is 136. The minimum absolute atomic E-state index is 0.00294. The largest absolute Gasteiger partial charge is 0.446 e. The number of ether oxygens (including phenoxy) is 4. The molecule has 30 nitrogen and oxygen atoms in total. The maximum atomic E-state index is 13.1. The van der Waals surface area contributed by atoms with Crippen LogP contribution in [0.25, 0.3) is 129 Å². The van der Waals surface area contributed by atoms with Gasteiger partial charge in [0.1, 0.15) is 17.0 Å². The number of fused-ring (bicyclic) bond motifs is 8. The molecule has 0 spiro atoms. The van der Waals surface area contributed by atoms with Gasteiger partial charge in [-0.05, 0) is 246 Å². The molecule has 0 bridgehead atoms. The van der Waals surface area contributed by atoms with Crippen LogP contribution in [0.1, 0.15) is 149 Å². The van der Waals surface area contributed by atoms with Crippen LogP contribution in [0.15, 0.2) is 165 Å². The predicted octanol–water partition coefficient (Wildman–Crippen LogP) is 20.4. The molecule has 35 heteroatoms. The molecular formula is C97H92N18O12S5. The van der Waals surface area contributed by atoms with Crippen LogP contribution in [0.2, 0.25) is 0 Å². The second-order valence-electron chi connectivity index (χ2n) is 34.1. The van der Waals surface area contributed by atoms with Gasteiger partial charge >= 0.3 is 18.2 Å². The second kappa shape index (κ2) is 38.8. The van der Waals surface area contributed by atoms with Crippen molar-refractivity contribution in [2.24, 2.45) is 17.8 Å². The van der Waals surface area contributed by atoms with Crippen molar-refractivity contribution in [2.45, 2.75) is 153 Å². The highest BCUT2D eigenvalue weighted by Crippen LogP contribution is 2.41. The maximum Gasteiger partial charge on any atom is 0.418 e. The van der Waals surface area contributed by atoms with Gasteiger partial charge in [0.05, 0.1) is 68.4 Å². The van der Waals surface area contributed by atoms with Crippen molar-refractivity contribution in [3.63, 3.8) is 0 Å². The summed E-state index contributed by atoms with van der Waals surface area (Å²) >= 11 is 7.04. The van der Waals surface area contributed by atoms with E-state index in [9.17, 15) is 38.4 Å². The molecule has 23 rings (SSSR count). The first-order valence-electron chi connectivity index (χ1n) is 44.9. The van der Waals surface area contributed by atoms with E-state index in [-0.39, 0.29) is 89.8 Å². The van der Waals surface area contributed by atoms with Gasteiger partial charge in [0.25, 0.3) is 11.8 Å². The molecule has 7 amide bonds. The molecule has 0 radical (unpaired) electrons. The van der Waals surface area contributed by atoms with E-state index in [1.54, 1.807) is 36.4 Å². The summed E-state index contributed by atoms with van der Waals surface area (Å²) in [7, 11) is 1.56. The van der Waals surface area contributed by atoms with E-state index in [1.165, 1.54) is 74.3 Å². The van der Waals surface area contributed by atoms with E-state index in [0.29, 0.717) is 58.2 Å². The van der Waals surface area contributed by atoms with Crippen molar-refractivity contribution in [3.05, 3.63) is 176 Å². The molecule has 13 heterocycles. The SMILES string of the molecule is CNC(=O)Nc1nc2ccc(-c3cnc4ccn(C(=O)OC5CCCCC5)c4c3)cc2s1.O=C(NC1CCOCC1)c1cccc2ncc(-c3ccc4nc(NC(=O)C5CC5)sc4c3)cc12.O=C(NC1CCOCC1)c1nsc2ncc(-c3ccc4nc(NC(=O)C5CC5)sc4c3)cc12.O=C(Nc1nc2ccc(-c3cnc4ccn(C(=O)OC5CCCCC5)c4c3)cc2s1)C1CC1. The minimum Gasteiger partial charge on any atom is -0.446 e. The van der Waals surface area contributed by atoms with Gasteiger partial charge in [-0.1, -0.05) is 88.5 Å². The summed E-state index contributed by atoms with van der Waals surface area (Å²) < 4.78 is 33.7. The maximum absolute atomic E-state index is 13.1. The molecule has 2 saturated heterocycles. The molecule has 7 N–H and O–H groups in total. The lowest BCUT2D eigenvalue weighted by Gasteiger charge is -2.23. The minimum atomic E-state index is -0.353. The van der Waals surface area contributed by atoms with Crippen molar-refractivity contribution in [1.82, 2.24) is 69.3 Å². The first-order valence-corrected chi connectivity index (χ1v) is 48.9. The van der Waals surface area contributed by atoms with Crippen molar-refractivity contribution in [1.29, 1.82) is 0 Å². The lowest BCUT2D eigenvalue weighted by atomic mass is 9.98. The van der Waals surface area contributed by atoms with Gasteiger partial charge in [-0.2, -0.15) is 4.37 Å². The Balaban J connectivity index is 0.000000110. The van der Waals surface area contributed by atoms with Gasteiger partial charge in [-0.25, -0.2) is 39.3 Å². The average Bonchev–Trinajstić information content (AvgIpc) is 1.73. The number of anilines is 4. The molecule has 5 saturated carbocycles. The van der Waals surface area contributed by atoms with Crippen molar-refractivity contribution < 1.29 is 57.3 Å². The Bertz CT molecular complexity index is 6910. The van der Waals surface area contributed by atoms with Crippen LogP contribution >= 0.6 is 56.9 Å². The molecule has 16 aromatic rings. The number of pyridine rings is 4. The van der Waals surface area contributed by atoms with Gasteiger partial charge < -0.3 is 50.8 Å². The lowest BCUT2D eigenvalue weighted by Crippen LogP contribution is -2.39. The normalized spacial score (nSPS) is 16.2. The number of carbonyl (C=O) groups is 8. The average molecular weight is 1860 g/mol. The van der Waals surface area contributed by atoms with Gasteiger partial charge in [0.15, 0.2) is 26.2 Å². The zero-order chi connectivity index (χ0) is 89.9. The Morgan fingerprint density at radius 2 is 0.765 bits per heavy atom. The molecule has 7 aliphatic rings. The third-order valence-electron chi connectivity index (χ3n) is 24.6. The molecule has 7 fully saturated rings. The number of thiazole rings is 4. The van der Waals surface area contributed by atoms with Gasteiger partial charge in [0.2, 0.25) is 17.7 Å². The number of aromatic nitrogens is 11. The number of rotatable bonds is 17. The van der Waals surface area contributed by atoms with Crippen LogP contribution in [0.5, 0.6) is 0 Å². The number of carbonyl (C=O) groups excluding carboxylic acids is 8. The number of nitrogens with zero attached hydrogens (tertiary/aromatic N) is 11. The van der Waals surface area contributed by atoms with Crippen LogP contribution in [0, 0.1) is 17.8 Å². The van der Waals surface area contributed by atoms with Crippen molar-refractivity contribution in [2.75, 3.05) is 54.7 Å². The van der Waals surface area contributed by atoms with E-state index in [2.05, 4.69) is 93.6 Å². The van der Waals surface area contributed by atoms with Crippen LogP contribution in [0.3, 0.4) is 0 Å². The molecule has 11 aromatic heterocycles. The Morgan fingerprint density at radius 3 is 1.18 bits per heavy atom. The number of nitrogens with one attached hydrogen (secondary N) is 7. The summed E-state index contributed by atoms with van der Waals surface area (Å²) in [5.74, 6) is 0.360. The van der Waals surface area contributed by atoms with Crippen molar-refractivity contribution in [3.8, 4) is 44.5 Å². The summed E-state index contributed by atoms with van der Waals surface area (Å²) in [5, 5.41) is 24.2. The molecule has 2 aliphatic heterocycles. The van der Waals surface area contributed by atoms with Gasteiger partial charge in [0, 0.05) is 139 Å². The highest BCUT2D eigenvalue weighted by molar-refractivity contribution is 7.23. The predicted molar refractivity (Wildman–Crippen MR) is 515 cm³/mol. The smallest absolute Gasteiger partial charge is 0.418 e. The molecule has 0 unspecified atom stereocenters.